The van der Waals surface area contributed by atoms with Gasteiger partial charge in [0.1, 0.15) is 5.75 Å². The largest absolute Gasteiger partial charge is 0.496 e. The molecule has 2 aromatic carbocycles. The van der Waals surface area contributed by atoms with Crippen molar-refractivity contribution in [2.24, 2.45) is 4.99 Å². The lowest BCUT2D eigenvalue weighted by Gasteiger charge is -2.45. The van der Waals surface area contributed by atoms with E-state index in [-0.39, 0.29) is 11.9 Å². The highest BCUT2D eigenvalue weighted by Crippen LogP contribution is 2.43. The van der Waals surface area contributed by atoms with Crippen molar-refractivity contribution >= 4 is 17.8 Å². The molecule has 1 unspecified atom stereocenters. The molecule has 0 radical (unpaired) electrons. The molecular weight excluding hydrogens is 336 g/mol. The van der Waals surface area contributed by atoms with Gasteiger partial charge in [0.15, 0.2) is 0 Å². The summed E-state index contributed by atoms with van der Waals surface area (Å²) in [5.41, 5.74) is 5.64. The molecule has 0 saturated carbocycles. The van der Waals surface area contributed by atoms with Crippen molar-refractivity contribution in [3.63, 3.8) is 0 Å². The van der Waals surface area contributed by atoms with Crippen LogP contribution >= 0.6 is 0 Å². The number of likely N-dealkylation sites (tertiary alicyclic amines) is 1. The Kier molecular flexibility index (Phi) is 4.00. The van der Waals surface area contributed by atoms with E-state index in [2.05, 4.69) is 34.2 Å². The van der Waals surface area contributed by atoms with Gasteiger partial charge in [-0.2, -0.15) is 0 Å². The van der Waals surface area contributed by atoms with Gasteiger partial charge in [0.25, 0.3) is 5.91 Å². The number of aliphatic imine (C=N–C) groups is 1. The normalized spacial score (nSPS) is 22.8. The van der Waals surface area contributed by atoms with E-state index in [0.29, 0.717) is 5.92 Å². The molecular formula is C23H24N2O2. The number of nitrogens with zero attached hydrogens (tertiary/aromatic N) is 2. The Labute approximate surface area is 159 Å². The van der Waals surface area contributed by atoms with Gasteiger partial charge in [-0.1, -0.05) is 18.2 Å². The zero-order valence-electron chi connectivity index (χ0n) is 15.6. The van der Waals surface area contributed by atoms with Gasteiger partial charge in [-0.15, -0.1) is 0 Å². The average molecular weight is 360 g/mol. The molecule has 1 aliphatic carbocycles. The number of piperidine rings is 1. The van der Waals surface area contributed by atoms with E-state index in [0.717, 1.165) is 55.6 Å². The van der Waals surface area contributed by atoms with Crippen LogP contribution in [0.4, 0.5) is 5.69 Å². The van der Waals surface area contributed by atoms with E-state index in [9.17, 15) is 4.79 Å². The van der Waals surface area contributed by atoms with E-state index in [4.69, 9.17) is 4.74 Å². The second-order valence-corrected chi connectivity index (χ2v) is 7.74. The highest BCUT2D eigenvalue weighted by atomic mass is 16.5. The van der Waals surface area contributed by atoms with E-state index < -0.39 is 0 Å². The van der Waals surface area contributed by atoms with Crippen molar-refractivity contribution in [2.75, 3.05) is 13.7 Å². The summed E-state index contributed by atoms with van der Waals surface area (Å²) in [6.45, 7) is 0.847. The van der Waals surface area contributed by atoms with Crippen LogP contribution in [0, 0.1) is 0 Å². The van der Waals surface area contributed by atoms with Crippen LogP contribution in [0.25, 0.3) is 0 Å². The monoisotopic (exact) mass is 360 g/mol. The summed E-state index contributed by atoms with van der Waals surface area (Å²) in [5.74, 6) is 1.56. The Hall–Kier alpha value is -2.62. The van der Waals surface area contributed by atoms with Crippen molar-refractivity contribution in [1.82, 2.24) is 4.90 Å². The number of hydrogen-bond acceptors (Lipinski definition) is 3. The standard InChI is InChI=1S/C23H24N2O2/c1-27-22-6-2-4-17-18-5-3-13-25(21(18)10-9-19(17)22)23(26)16-8-7-15-11-12-24-20(15)14-16/h2,4,6-8,12,14,18,21H,3,5,9-11,13H2,1H3/t18?,21-/m0/s1. The van der Waals surface area contributed by atoms with Crippen molar-refractivity contribution in [3.8, 4) is 5.75 Å². The van der Waals surface area contributed by atoms with Crippen LogP contribution in [0.3, 0.4) is 0 Å². The first kappa shape index (κ1) is 16.5. The van der Waals surface area contributed by atoms with Crippen LogP contribution in [-0.2, 0) is 12.8 Å². The van der Waals surface area contributed by atoms with Gasteiger partial charge < -0.3 is 9.64 Å². The third kappa shape index (κ3) is 2.66. The molecule has 4 nitrogen and oxygen atoms in total. The summed E-state index contributed by atoms with van der Waals surface area (Å²) >= 11 is 0. The molecule has 1 amide bonds. The van der Waals surface area contributed by atoms with Gasteiger partial charge in [-0.05, 0) is 60.6 Å². The van der Waals surface area contributed by atoms with Crippen LogP contribution in [0.5, 0.6) is 5.75 Å². The molecule has 0 bridgehead atoms. The van der Waals surface area contributed by atoms with Gasteiger partial charge >= 0.3 is 0 Å². The quantitative estimate of drug-likeness (QED) is 0.802. The summed E-state index contributed by atoms with van der Waals surface area (Å²) < 4.78 is 5.58. The summed E-state index contributed by atoms with van der Waals surface area (Å²) in [6.07, 6.45) is 6.96. The first-order valence-electron chi connectivity index (χ1n) is 9.88. The zero-order chi connectivity index (χ0) is 18.4. The maximum Gasteiger partial charge on any atom is 0.254 e. The Morgan fingerprint density at radius 3 is 3.04 bits per heavy atom. The van der Waals surface area contributed by atoms with Crippen LogP contribution in [0.15, 0.2) is 41.4 Å². The summed E-state index contributed by atoms with van der Waals surface area (Å²) in [5, 5.41) is 0. The average Bonchev–Trinajstić information content (AvgIpc) is 3.20. The number of rotatable bonds is 2. The Bertz CT molecular complexity index is 934. The van der Waals surface area contributed by atoms with Gasteiger partial charge in [0.05, 0.1) is 12.8 Å². The summed E-state index contributed by atoms with van der Waals surface area (Å²) in [4.78, 5) is 19.9. The molecule has 2 heterocycles. The van der Waals surface area contributed by atoms with Crippen molar-refractivity contribution < 1.29 is 9.53 Å². The molecule has 0 N–H and O–H groups in total. The van der Waals surface area contributed by atoms with E-state index in [1.54, 1.807) is 7.11 Å². The van der Waals surface area contributed by atoms with Gasteiger partial charge in [-0.3, -0.25) is 9.79 Å². The lowest BCUT2D eigenvalue weighted by Crippen LogP contribution is -2.49. The maximum absolute atomic E-state index is 13.3. The number of fused-ring (bicyclic) bond motifs is 4. The molecule has 138 valence electrons. The lowest BCUT2D eigenvalue weighted by molar-refractivity contribution is 0.0546. The van der Waals surface area contributed by atoms with Crippen molar-refractivity contribution in [1.29, 1.82) is 0 Å². The molecule has 2 atom stereocenters. The molecule has 5 rings (SSSR count). The van der Waals surface area contributed by atoms with Gasteiger partial charge in [0, 0.05) is 36.7 Å². The van der Waals surface area contributed by atoms with E-state index >= 15 is 0 Å². The van der Waals surface area contributed by atoms with Crippen LogP contribution in [-0.4, -0.2) is 36.7 Å². The topological polar surface area (TPSA) is 41.9 Å². The molecule has 2 aliphatic heterocycles. The third-order valence-electron chi connectivity index (χ3n) is 6.39. The fraction of sp³-hybridized carbons (Fsp3) is 0.391. The fourth-order valence-corrected chi connectivity index (χ4v) is 5.11. The highest BCUT2D eigenvalue weighted by Gasteiger charge is 2.39. The second-order valence-electron chi connectivity index (χ2n) is 7.74. The van der Waals surface area contributed by atoms with Crippen LogP contribution in [0.1, 0.15) is 52.2 Å². The predicted octanol–water partition coefficient (Wildman–Crippen LogP) is 4.29. The second kappa shape index (κ2) is 6.52. The number of methoxy groups -OCH3 is 1. The molecule has 1 fully saturated rings. The number of ether oxygens (including phenoxy) is 1. The first-order valence-corrected chi connectivity index (χ1v) is 9.88. The van der Waals surface area contributed by atoms with Crippen molar-refractivity contribution in [2.45, 2.75) is 44.1 Å². The van der Waals surface area contributed by atoms with Gasteiger partial charge in [-0.25, -0.2) is 0 Å². The number of amides is 1. The zero-order valence-corrected chi connectivity index (χ0v) is 15.6. The smallest absolute Gasteiger partial charge is 0.254 e. The summed E-state index contributed by atoms with van der Waals surface area (Å²) in [7, 11) is 1.74. The molecule has 0 spiro atoms. The van der Waals surface area contributed by atoms with Crippen LogP contribution in [0.2, 0.25) is 0 Å². The molecule has 27 heavy (non-hydrogen) atoms. The van der Waals surface area contributed by atoms with E-state index in [1.807, 2.05) is 18.3 Å². The predicted molar refractivity (Wildman–Crippen MR) is 106 cm³/mol. The SMILES string of the molecule is COc1cccc2c1CC[C@H]1C2CCCN1C(=O)c1ccc2c(c1)N=CC2. The fourth-order valence-electron chi connectivity index (χ4n) is 5.11. The number of hydrogen-bond donors (Lipinski definition) is 0. The third-order valence-corrected chi connectivity index (χ3v) is 6.39. The minimum atomic E-state index is 0.154. The van der Waals surface area contributed by atoms with Gasteiger partial charge in [0.2, 0.25) is 0 Å². The molecule has 0 aromatic heterocycles. The Balaban J connectivity index is 1.46. The summed E-state index contributed by atoms with van der Waals surface area (Å²) in [6, 6.07) is 12.6. The first-order chi connectivity index (χ1) is 13.3. The minimum Gasteiger partial charge on any atom is -0.496 e. The Morgan fingerprint density at radius 1 is 1.22 bits per heavy atom. The maximum atomic E-state index is 13.3. The lowest BCUT2D eigenvalue weighted by atomic mass is 9.74. The van der Waals surface area contributed by atoms with Crippen molar-refractivity contribution in [3.05, 3.63) is 58.7 Å². The Morgan fingerprint density at radius 2 is 2.15 bits per heavy atom. The van der Waals surface area contributed by atoms with Crippen LogP contribution < -0.4 is 4.74 Å². The molecule has 3 aliphatic rings. The number of benzene rings is 2. The minimum absolute atomic E-state index is 0.154. The highest BCUT2D eigenvalue weighted by molar-refractivity contribution is 5.96. The van der Waals surface area contributed by atoms with E-state index in [1.165, 1.54) is 16.7 Å². The number of carbonyl (C=O) groups excluding carboxylic acids is 1. The molecule has 4 heteroatoms. The number of carbonyl (C=O) groups is 1. The molecule has 1 saturated heterocycles. The molecule has 2 aromatic rings.